The molecule has 0 spiro atoms. The second kappa shape index (κ2) is 7.48. The predicted octanol–water partition coefficient (Wildman–Crippen LogP) is 4.85. The molecule has 2 aromatic rings. The van der Waals surface area contributed by atoms with E-state index in [4.69, 9.17) is 11.6 Å². The number of carbonyl (C=O) groups excluding carboxylic acids is 1. The lowest BCUT2D eigenvalue weighted by molar-refractivity contribution is -0.115. The summed E-state index contributed by atoms with van der Waals surface area (Å²) in [5.74, 6) is -0.0421. The van der Waals surface area contributed by atoms with Crippen molar-refractivity contribution < 1.29 is 4.79 Å². The molecule has 3 nitrogen and oxygen atoms in total. The number of aryl methyl sites for hydroxylation is 1. The highest BCUT2D eigenvalue weighted by Crippen LogP contribution is 2.20. The van der Waals surface area contributed by atoms with Crippen LogP contribution in [0.1, 0.15) is 12.0 Å². The van der Waals surface area contributed by atoms with Crippen LogP contribution < -0.4 is 10.6 Å². The van der Waals surface area contributed by atoms with Gasteiger partial charge in [-0.1, -0.05) is 33.6 Å². The first-order valence-corrected chi connectivity index (χ1v) is 7.77. The second-order valence-corrected chi connectivity index (χ2v) is 6.02. The normalized spacial score (nSPS) is 10.2. The molecular formula is C16H16BrClN2O. The van der Waals surface area contributed by atoms with Gasteiger partial charge in [-0.05, 0) is 48.9 Å². The Hall–Kier alpha value is -1.52. The fraction of sp³-hybridized carbons (Fsp3) is 0.188. The first-order valence-electron chi connectivity index (χ1n) is 6.60. The van der Waals surface area contributed by atoms with Gasteiger partial charge in [-0.15, -0.1) is 0 Å². The summed E-state index contributed by atoms with van der Waals surface area (Å²) in [4.78, 5) is 11.9. The summed E-state index contributed by atoms with van der Waals surface area (Å²) in [6, 6.07) is 13.3. The highest BCUT2D eigenvalue weighted by Gasteiger charge is 2.04. The fourth-order valence-corrected chi connectivity index (χ4v) is 2.23. The molecule has 0 bridgehead atoms. The molecule has 0 atom stereocenters. The van der Waals surface area contributed by atoms with Crippen LogP contribution in [0, 0.1) is 6.92 Å². The van der Waals surface area contributed by atoms with E-state index in [1.807, 2.05) is 43.3 Å². The van der Waals surface area contributed by atoms with Gasteiger partial charge in [-0.25, -0.2) is 0 Å². The van der Waals surface area contributed by atoms with Gasteiger partial charge in [-0.3, -0.25) is 4.79 Å². The van der Waals surface area contributed by atoms with E-state index in [2.05, 4.69) is 26.6 Å². The van der Waals surface area contributed by atoms with Crippen LogP contribution in [-0.2, 0) is 4.79 Å². The van der Waals surface area contributed by atoms with Crippen molar-refractivity contribution in [1.82, 2.24) is 0 Å². The van der Waals surface area contributed by atoms with Crippen LogP contribution in [0.15, 0.2) is 46.9 Å². The van der Waals surface area contributed by atoms with Crippen molar-refractivity contribution in [1.29, 1.82) is 0 Å². The minimum atomic E-state index is -0.0421. The van der Waals surface area contributed by atoms with Gasteiger partial charge in [0.05, 0.1) is 0 Å². The van der Waals surface area contributed by atoms with Crippen molar-refractivity contribution in [3.63, 3.8) is 0 Å². The van der Waals surface area contributed by atoms with Crippen molar-refractivity contribution in [2.45, 2.75) is 13.3 Å². The minimum Gasteiger partial charge on any atom is -0.385 e. The summed E-state index contributed by atoms with van der Waals surface area (Å²) in [6.07, 6.45) is 0.390. The predicted molar refractivity (Wildman–Crippen MR) is 92.1 cm³/mol. The second-order valence-electron chi connectivity index (χ2n) is 4.70. The zero-order valence-corrected chi connectivity index (χ0v) is 14.0. The summed E-state index contributed by atoms with van der Waals surface area (Å²) in [7, 11) is 0. The molecule has 21 heavy (non-hydrogen) atoms. The molecule has 0 aliphatic carbocycles. The molecule has 5 heteroatoms. The van der Waals surface area contributed by atoms with Gasteiger partial charge >= 0.3 is 0 Å². The highest BCUT2D eigenvalue weighted by molar-refractivity contribution is 9.10. The largest absolute Gasteiger partial charge is 0.385 e. The van der Waals surface area contributed by atoms with Crippen molar-refractivity contribution in [3.8, 4) is 0 Å². The van der Waals surface area contributed by atoms with Gasteiger partial charge in [0.15, 0.2) is 0 Å². The third-order valence-electron chi connectivity index (χ3n) is 2.98. The first-order chi connectivity index (χ1) is 10.0. The van der Waals surface area contributed by atoms with Crippen molar-refractivity contribution >= 4 is 44.8 Å². The smallest absolute Gasteiger partial charge is 0.226 e. The number of nitrogens with one attached hydrogen (secondary N) is 2. The molecule has 0 heterocycles. The number of halogens is 2. The molecule has 2 rings (SSSR count). The van der Waals surface area contributed by atoms with E-state index in [9.17, 15) is 4.79 Å². The molecule has 0 unspecified atom stereocenters. The van der Waals surface area contributed by atoms with Gasteiger partial charge < -0.3 is 10.6 Å². The number of rotatable bonds is 5. The lowest BCUT2D eigenvalue weighted by Gasteiger charge is -2.08. The van der Waals surface area contributed by atoms with Crippen LogP contribution in [0.2, 0.25) is 5.02 Å². The maximum absolute atomic E-state index is 11.9. The Labute approximate surface area is 137 Å². The van der Waals surface area contributed by atoms with Crippen LogP contribution in [0.4, 0.5) is 11.4 Å². The number of amides is 1. The summed E-state index contributed by atoms with van der Waals surface area (Å²) < 4.78 is 1.03. The Morgan fingerprint density at radius 1 is 1.14 bits per heavy atom. The lowest BCUT2D eigenvalue weighted by Crippen LogP contribution is -2.16. The van der Waals surface area contributed by atoms with Crippen molar-refractivity contribution in [3.05, 3.63) is 57.5 Å². The van der Waals surface area contributed by atoms with E-state index >= 15 is 0 Å². The van der Waals surface area contributed by atoms with Crippen LogP contribution in [-0.4, -0.2) is 12.5 Å². The number of benzene rings is 2. The van der Waals surface area contributed by atoms with E-state index in [0.717, 1.165) is 21.4 Å². The molecule has 1 amide bonds. The van der Waals surface area contributed by atoms with Crippen molar-refractivity contribution in [2.24, 2.45) is 0 Å². The van der Waals surface area contributed by atoms with Crippen LogP contribution in [0.3, 0.4) is 0 Å². The maximum Gasteiger partial charge on any atom is 0.226 e. The lowest BCUT2D eigenvalue weighted by atomic mass is 10.2. The number of anilines is 2. The molecule has 2 N–H and O–H groups in total. The molecule has 0 aliphatic rings. The fourth-order valence-electron chi connectivity index (χ4n) is 1.78. The Kier molecular flexibility index (Phi) is 5.65. The number of hydrogen-bond acceptors (Lipinski definition) is 2. The maximum atomic E-state index is 11.9. The molecule has 0 aromatic heterocycles. The zero-order chi connectivity index (χ0) is 15.2. The van der Waals surface area contributed by atoms with E-state index in [1.165, 1.54) is 0 Å². The van der Waals surface area contributed by atoms with Crippen LogP contribution >= 0.6 is 27.5 Å². The third kappa shape index (κ3) is 5.06. The average molecular weight is 368 g/mol. The van der Waals surface area contributed by atoms with Gasteiger partial charge in [0.25, 0.3) is 0 Å². The molecular weight excluding hydrogens is 352 g/mol. The Morgan fingerprint density at radius 2 is 1.81 bits per heavy atom. The van der Waals surface area contributed by atoms with E-state index < -0.39 is 0 Å². The van der Waals surface area contributed by atoms with Crippen LogP contribution in [0.25, 0.3) is 0 Å². The zero-order valence-electron chi connectivity index (χ0n) is 11.6. The van der Waals surface area contributed by atoms with Crippen molar-refractivity contribution in [2.75, 3.05) is 17.2 Å². The average Bonchev–Trinajstić information content (AvgIpc) is 2.45. The van der Waals surface area contributed by atoms with Gasteiger partial charge in [0.2, 0.25) is 5.91 Å². The Balaban J connectivity index is 1.79. The molecule has 0 saturated carbocycles. The summed E-state index contributed by atoms with van der Waals surface area (Å²) in [5.41, 5.74) is 2.70. The monoisotopic (exact) mass is 366 g/mol. The topological polar surface area (TPSA) is 41.1 Å². The summed E-state index contributed by atoms with van der Waals surface area (Å²) in [6.45, 7) is 2.50. The Bertz CT molecular complexity index is 629. The number of hydrogen-bond donors (Lipinski definition) is 2. The van der Waals surface area contributed by atoms with Crippen LogP contribution in [0.5, 0.6) is 0 Å². The molecule has 0 radical (unpaired) electrons. The summed E-state index contributed by atoms with van der Waals surface area (Å²) >= 11 is 9.41. The molecule has 2 aromatic carbocycles. The van der Waals surface area contributed by atoms with Gasteiger partial charge in [0, 0.05) is 33.8 Å². The van der Waals surface area contributed by atoms with Gasteiger partial charge in [-0.2, -0.15) is 0 Å². The molecule has 110 valence electrons. The molecule has 0 saturated heterocycles. The first kappa shape index (κ1) is 15.9. The number of carbonyl (C=O) groups is 1. The SMILES string of the molecule is Cc1ccc(NC(=O)CCNc2ccc(Br)cc2)cc1Cl. The molecule has 0 aliphatic heterocycles. The third-order valence-corrected chi connectivity index (χ3v) is 3.92. The quantitative estimate of drug-likeness (QED) is 0.793. The minimum absolute atomic E-state index is 0.0421. The van der Waals surface area contributed by atoms with E-state index in [1.54, 1.807) is 6.07 Å². The van der Waals surface area contributed by atoms with E-state index in [-0.39, 0.29) is 5.91 Å². The van der Waals surface area contributed by atoms with E-state index in [0.29, 0.717) is 18.0 Å². The Morgan fingerprint density at radius 3 is 2.48 bits per heavy atom. The summed E-state index contributed by atoms with van der Waals surface area (Å²) in [5, 5.41) is 6.69. The standard InChI is InChI=1S/C16H16BrClN2O/c1-11-2-5-14(10-15(11)18)20-16(21)8-9-19-13-6-3-12(17)4-7-13/h2-7,10,19H,8-9H2,1H3,(H,20,21). The van der Waals surface area contributed by atoms with Gasteiger partial charge in [0.1, 0.15) is 0 Å². The highest BCUT2D eigenvalue weighted by atomic mass is 79.9. The molecule has 0 fully saturated rings.